The molecule has 2 aromatic rings. The third-order valence-electron chi connectivity index (χ3n) is 2.66. The third kappa shape index (κ3) is 2.71. The number of ketones is 1. The van der Waals surface area contributed by atoms with E-state index in [0.717, 1.165) is 31.5 Å². The number of thiophene rings is 2. The number of rotatable bonds is 5. The van der Waals surface area contributed by atoms with Gasteiger partial charge in [0.2, 0.25) is 0 Å². The van der Waals surface area contributed by atoms with Gasteiger partial charge in [-0.1, -0.05) is 19.8 Å². The van der Waals surface area contributed by atoms with E-state index >= 15 is 0 Å². The van der Waals surface area contributed by atoms with Crippen LogP contribution in [0.2, 0.25) is 0 Å². The maximum absolute atomic E-state index is 14.2. The molecule has 0 aromatic carbocycles. The van der Waals surface area contributed by atoms with E-state index in [1.165, 1.54) is 22.7 Å². The van der Waals surface area contributed by atoms with Gasteiger partial charge in [0.15, 0.2) is 11.6 Å². The monoisotopic (exact) mass is 412 g/mol. The van der Waals surface area contributed by atoms with Crippen molar-refractivity contribution >= 4 is 70.4 Å². The maximum Gasteiger partial charge on any atom is 0.175 e. The highest BCUT2D eigenvalue weighted by atomic mass is 79.9. The first-order valence-electron chi connectivity index (χ1n) is 5.65. The summed E-state index contributed by atoms with van der Waals surface area (Å²) in [6, 6.07) is 0. The van der Waals surface area contributed by atoms with Crippen LogP contribution in [-0.4, -0.2) is 5.78 Å². The molecule has 2 aromatic heterocycles. The van der Waals surface area contributed by atoms with Crippen molar-refractivity contribution in [3.05, 3.63) is 18.3 Å². The fourth-order valence-electron chi connectivity index (χ4n) is 1.73. The molecule has 0 saturated carbocycles. The third-order valence-corrected chi connectivity index (χ3v) is 6.81. The number of unbranched alkanes of at least 4 members (excludes halogenated alkanes) is 2. The molecule has 0 spiro atoms. The molecule has 2 heterocycles. The number of hydrogen-bond acceptors (Lipinski definition) is 3. The Morgan fingerprint density at radius 2 is 1.94 bits per heavy atom. The lowest BCUT2D eigenvalue weighted by Crippen LogP contribution is -1.98. The Kier molecular flexibility index (Phi) is 4.97. The van der Waals surface area contributed by atoms with E-state index in [-0.39, 0.29) is 16.5 Å². The van der Waals surface area contributed by atoms with Gasteiger partial charge in [-0.3, -0.25) is 4.79 Å². The zero-order valence-electron chi connectivity index (χ0n) is 9.69. The summed E-state index contributed by atoms with van der Waals surface area (Å²) < 4.78 is 16.6. The number of fused-ring (bicyclic) bond motifs is 1. The summed E-state index contributed by atoms with van der Waals surface area (Å²) >= 11 is 9.42. The fraction of sp³-hybridized carbons (Fsp3) is 0.417. The smallest absolute Gasteiger partial charge is 0.175 e. The first-order valence-corrected chi connectivity index (χ1v) is 8.87. The molecule has 0 saturated heterocycles. The van der Waals surface area contributed by atoms with Gasteiger partial charge in [-0.05, 0) is 38.3 Å². The Morgan fingerprint density at radius 3 is 2.56 bits per heavy atom. The van der Waals surface area contributed by atoms with Crippen LogP contribution >= 0.6 is 54.5 Å². The fourth-order valence-corrected chi connectivity index (χ4v) is 6.24. The van der Waals surface area contributed by atoms with Gasteiger partial charge < -0.3 is 0 Å². The van der Waals surface area contributed by atoms with Crippen LogP contribution in [0.4, 0.5) is 4.39 Å². The number of Topliss-reactive ketones (excluding diaryl/α,β-unsaturated/α-hetero) is 1. The topological polar surface area (TPSA) is 17.1 Å². The quantitative estimate of drug-likeness (QED) is 0.409. The van der Waals surface area contributed by atoms with E-state index < -0.39 is 0 Å². The van der Waals surface area contributed by atoms with E-state index in [4.69, 9.17) is 0 Å². The van der Waals surface area contributed by atoms with Crippen molar-refractivity contribution < 1.29 is 9.18 Å². The molecule has 0 atom stereocenters. The van der Waals surface area contributed by atoms with Crippen molar-refractivity contribution in [1.29, 1.82) is 0 Å². The highest BCUT2D eigenvalue weighted by Gasteiger charge is 2.23. The molecule has 98 valence electrons. The molecule has 0 fully saturated rings. The standard InChI is InChI=1S/C12H11Br2FOS2/c1-2-3-4-5-6(16)9-8(15)7-10(17-9)12(14)18-11(7)13/h2-5H2,1H3. The summed E-state index contributed by atoms with van der Waals surface area (Å²) in [4.78, 5) is 12.2. The van der Waals surface area contributed by atoms with Crippen LogP contribution in [0, 0.1) is 5.82 Å². The molecule has 18 heavy (non-hydrogen) atoms. The second-order valence-electron chi connectivity index (χ2n) is 3.98. The molecule has 0 amide bonds. The minimum atomic E-state index is -0.370. The largest absolute Gasteiger partial charge is 0.293 e. The van der Waals surface area contributed by atoms with Crippen molar-refractivity contribution in [2.75, 3.05) is 0 Å². The van der Waals surface area contributed by atoms with Crippen molar-refractivity contribution in [3.8, 4) is 0 Å². The van der Waals surface area contributed by atoms with E-state index in [9.17, 15) is 9.18 Å². The van der Waals surface area contributed by atoms with E-state index in [1.54, 1.807) is 0 Å². The predicted molar refractivity (Wildman–Crippen MR) is 83.5 cm³/mol. The van der Waals surface area contributed by atoms with Gasteiger partial charge in [-0.15, -0.1) is 22.7 Å². The second-order valence-corrected chi connectivity index (χ2v) is 8.66. The van der Waals surface area contributed by atoms with Crippen LogP contribution in [0.25, 0.3) is 10.1 Å². The molecule has 0 radical (unpaired) electrons. The van der Waals surface area contributed by atoms with E-state index in [1.807, 2.05) is 0 Å². The van der Waals surface area contributed by atoms with Gasteiger partial charge in [0.05, 0.1) is 17.7 Å². The normalized spacial score (nSPS) is 11.3. The van der Waals surface area contributed by atoms with Gasteiger partial charge in [0, 0.05) is 6.42 Å². The average molecular weight is 414 g/mol. The summed E-state index contributed by atoms with van der Waals surface area (Å²) in [5, 5.41) is 0.538. The Labute approximate surface area is 130 Å². The summed E-state index contributed by atoms with van der Waals surface area (Å²) in [7, 11) is 0. The maximum atomic E-state index is 14.2. The lowest BCUT2D eigenvalue weighted by atomic mass is 10.1. The van der Waals surface area contributed by atoms with Crippen LogP contribution in [0.1, 0.15) is 42.3 Å². The molecule has 0 aliphatic rings. The van der Waals surface area contributed by atoms with Crippen LogP contribution in [0.15, 0.2) is 7.57 Å². The van der Waals surface area contributed by atoms with Crippen molar-refractivity contribution in [1.82, 2.24) is 0 Å². The first kappa shape index (κ1) is 14.6. The van der Waals surface area contributed by atoms with E-state index in [0.29, 0.717) is 11.8 Å². The van der Waals surface area contributed by atoms with Gasteiger partial charge in [0.25, 0.3) is 0 Å². The Bertz CT molecular complexity index is 588. The lowest BCUT2D eigenvalue weighted by molar-refractivity contribution is 0.0980. The Morgan fingerprint density at radius 1 is 1.22 bits per heavy atom. The molecular weight excluding hydrogens is 403 g/mol. The number of hydrogen-bond donors (Lipinski definition) is 0. The summed E-state index contributed by atoms with van der Waals surface area (Å²) in [5.74, 6) is -0.448. The van der Waals surface area contributed by atoms with Crippen molar-refractivity contribution in [2.24, 2.45) is 0 Å². The van der Waals surface area contributed by atoms with Crippen LogP contribution in [0.5, 0.6) is 0 Å². The molecule has 0 unspecified atom stereocenters. The average Bonchev–Trinajstić information content (AvgIpc) is 2.80. The minimum Gasteiger partial charge on any atom is -0.293 e. The molecule has 0 aliphatic heterocycles. The summed E-state index contributed by atoms with van der Waals surface area (Å²) in [5.41, 5.74) is 0. The molecule has 6 heteroatoms. The van der Waals surface area contributed by atoms with Crippen molar-refractivity contribution in [3.63, 3.8) is 0 Å². The highest BCUT2D eigenvalue weighted by Crippen LogP contribution is 2.45. The van der Waals surface area contributed by atoms with E-state index in [2.05, 4.69) is 38.8 Å². The highest BCUT2D eigenvalue weighted by molar-refractivity contribution is 9.12. The molecular formula is C12H11Br2FOS2. The molecule has 0 aliphatic carbocycles. The molecule has 0 bridgehead atoms. The first-order chi connectivity index (χ1) is 8.56. The predicted octanol–water partition coefficient (Wildman–Crippen LogP) is 6.39. The molecule has 1 nitrogen and oxygen atoms in total. The summed E-state index contributed by atoms with van der Waals surface area (Å²) in [6.07, 6.45) is 3.35. The SMILES string of the molecule is CCCCCC(=O)c1sc2c(Br)sc(Br)c2c1F. The number of carbonyl (C=O) groups excluding carboxylic acids is 1. The van der Waals surface area contributed by atoms with Gasteiger partial charge in [0.1, 0.15) is 4.88 Å². The zero-order valence-corrected chi connectivity index (χ0v) is 14.5. The second kappa shape index (κ2) is 6.11. The van der Waals surface area contributed by atoms with Gasteiger partial charge in [-0.2, -0.15) is 0 Å². The van der Waals surface area contributed by atoms with Gasteiger partial charge >= 0.3 is 0 Å². The minimum absolute atomic E-state index is 0.0778. The molecule has 2 rings (SSSR count). The molecule has 0 N–H and O–H groups in total. The number of carbonyl (C=O) groups is 1. The van der Waals surface area contributed by atoms with Crippen LogP contribution < -0.4 is 0 Å². The van der Waals surface area contributed by atoms with Crippen LogP contribution in [0.3, 0.4) is 0 Å². The Hall–Kier alpha value is 0.220. The lowest BCUT2D eigenvalue weighted by Gasteiger charge is -1.97. The van der Waals surface area contributed by atoms with Crippen LogP contribution in [-0.2, 0) is 0 Å². The van der Waals surface area contributed by atoms with Gasteiger partial charge in [-0.25, -0.2) is 4.39 Å². The number of halogens is 3. The van der Waals surface area contributed by atoms with Crippen molar-refractivity contribution in [2.45, 2.75) is 32.6 Å². The zero-order chi connectivity index (χ0) is 13.3. The summed E-state index contributed by atoms with van der Waals surface area (Å²) in [6.45, 7) is 2.08. The Balaban J connectivity index is 2.31.